The lowest BCUT2D eigenvalue weighted by Crippen LogP contribution is -2.48. The van der Waals surface area contributed by atoms with Crippen LogP contribution in [0.2, 0.25) is 0 Å². The van der Waals surface area contributed by atoms with E-state index in [1.165, 1.54) is 50.7 Å². The summed E-state index contributed by atoms with van der Waals surface area (Å²) in [7, 11) is 0. The number of carbonyl (C=O) groups is 2. The van der Waals surface area contributed by atoms with Gasteiger partial charge in [0, 0.05) is 6.42 Å². The van der Waals surface area contributed by atoms with Gasteiger partial charge in [0.15, 0.2) is 11.6 Å². The first-order valence-electron chi connectivity index (χ1n) is 10.3. The average Bonchev–Trinajstić information content (AvgIpc) is 2.63. The molecule has 4 aliphatic rings. The Labute approximate surface area is 165 Å². The number of esters is 1. The van der Waals surface area contributed by atoms with Gasteiger partial charge in [-0.1, -0.05) is 12.1 Å². The maximum absolute atomic E-state index is 13.4. The summed E-state index contributed by atoms with van der Waals surface area (Å²) in [5.41, 5.74) is 0.163. The number of hydrogen-bond acceptors (Lipinski definition) is 4. The van der Waals surface area contributed by atoms with Crippen LogP contribution in [-0.4, -0.2) is 31.6 Å². The highest BCUT2D eigenvalue weighted by Crippen LogP contribution is 2.61. The van der Waals surface area contributed by atoms with Gasteiger partial charge in [-0.2, -0.15) is 0 Å². The van der Waals surface area contributed by atoms with Crippen molar-refractivity contribution in [3.8, 4) is 5.75 Å². The molecule has 6 heteroatoms. The van der Waals surface area contributed by atoms with E-state index in [1.54, 1.807) is 12.1 Å². The van der Waals surface area contributed by atoms with Crippen LogP contribution in [0.3, 0.4) is 0 Å². The Balaban J connectivity index is 1.14. The fraction of sp³-hybridized carbons (Fsp3) is 0.636. The molecule has 4 bridgehead atoms. The molecule has 0 saturated heterocycles. The normalized spacial score (nSPS) is 30.1. The fourth-order valence-corrected chi connectivity index (χ4v) is 6.00. The number of ether oxygens (including phenoxy) is 2. The van der Waals surface area contributed by atoms with Gasteiger partial charge in [0.25, 0.3) is 0 Å². The van der Waals surface area contributed by atoms with Crippen molar-refractivity contribution in [1.82, 2.24) is 5.32 Å². The second kappa shape index (κ2) is 8.10. The van der Waals surface area contributed by atoms with E-state index in [4.69, 9.17) is 9.47 Å². The summed E-state index contributed by atoms with van der Waals surface area (Å²) in [6.45, 7) is -0.0587. The summed E-state index contributed by atoms with van der Waals surface area (Å²) in [6, 6.07) is 6.07. The number of amides is 1. The van der Waals surface area contributed by atoms with Crippen LogP contribution in [0.5, 0.6) is 5.75 Å². The van der Waals surface area contributed by atoms with Crippen molar-refractivity contribution in [3.05, 3.63) is 30.1 Å². The van der Waals surface area contributed by atoms with Crippen LogP contribution in [0.25, 0.3) is 0 Å². The van der Waals surface area contributed by atoms with E-state index in [1.807, 2.05) is 0 Å². The molecule has 28 heavy (non-hydrogen) atoms. The molecule has 0 atom stereocenters. The third-order valence-electron chi connectivity index (χ3n) is 6.57. The molecular weight excluding hydrogens is 361 g/mol. The van der Waals surface area contributed by atoms with Crippen LogP contribution in [-0.2, 0) is 14.3 Å². The molecule has 0 unspecified atom stereocenters. The van der Waals surface area contributed by atoms with Crippen molar-refractivity contribution < 1.29 is 23.5 Å². The van der Waals surface area contributed by atoms with E-state index in [9.17, 15) is 14.0 Å². The number of nitrogens with one attached hydrogen (secondary N) is 1. The topological polar surface area (TPSA) is 64.6 Å². The minimum Gasteiger partial charge on any atom is -0.487 e. The van der Waals surface area contributed by atoms with E-state index < -0.39 is 11.8 Å². The summed E-state index contributed by atoms with van der Waals surface area (Å²) < 4.78 is 23.7. The van der Waals surface area contributed by atoms with E-state index in [0.29, 0.717) is 6.42 Å². The molecule has 1 aromatic rings. The van der Waals surface area contributed by atoms with Gasteiger partial charge in [-0.25, -0.2) is 4.39 Å². The third-order valence-corrected chi connectivity index (χ3v) is 6.57. The Morgan fingerprint density at radius 3 is 2.32 bits per heavy atom. The van der Waals surface area contributed by atoms with Crippen molar-refractivity contribution in [2.75, 3.05) is 19.8 Å². The molecule has 4 saturated carbocycles. The van der Waals surface area contributed by atoms with Crippen LogP contribution in [0.4, 0.5) is 4.39 Å². The SMILES string of the molecule is O=C(CC12CC3CC(CC(C3)C1)C2)NCC(=O)OCCOc1ccccc1F. The zero-order valence-corrected chi connectivity index (χ0v) is 16.1. The molecule has 4 aliphatic carbocycles. The quantitative estimate of drug-likeness (QED) is 0.546. The third kappa shape index (κ3) is 4.47. The first-order chi connectivity index (χ1) is 13.5. The molecule has 5 nitrogen and oxygen atoms in total. The molecule has 0 aliphatic heterocycles. The first kappa shape index (κ1) is 19.2. The van der Waals surface area contributed by atoms with Gasteiger partial charge < -0.3 is 14.8 Å². The van der Waals surface area contributed by atoms with Gasteiger partial charge in [-0.05, 0) is 73.8 Å². The maximum Gasteiger partial charge on any atom is 0.325 e. The van der Waals surface area contributed by atoms with Crippen LogP contribution >= 0.6 is 0 Å². The van der Waals surface area contributed by atoms with Crippen molar-refractivity contribution in [2.24, 2.45) is 23.2 Å². The second-order valence-electron chi connectivity index (χ2n) is 8.87. The summed E-state index contributed by atoms with van der Waals surface area (Å²) in [4.78, 5) is 24.2. The fourth-order valence-electron chi connectivity index (χ4n) is 6.00. The lowest BCUT2D eigenvalue weighted by atomic mass is 9.49. The molecule has 0 spiro atoms. The Kier molecular flexibility index (Phi) is 5.56. The molecule has 4 fully saturated rings. The highest BCUT2D eigenvalue weighted by Gasteiger charge is 2.51. The molecule has 1 amide bonds. The van der Waals surface area contributed by atoms with Crippen molar-refractivity contribution >= 4 is 11.9 Å². The Morgan fingerprint density at radius 1 is 1.04 bits per heavy atom. The van der Waals surface area contributed by atoms with E-state index >= 15 is 0 Å². The van der Waals surface area contributed by atoms with Gasteiger partial charge in [-0.15, -0.1) is 0 Å². The van der Waals surface area contributed by atoms with Crippen LogP contribution in [0, 0.1) is 29.0 Å². The van der Waals surface area contributed by atoms with Gasteiger partial charge in [0.2, 0.25) is 5.91 Å². The highest BCUT2D eigenvalue weighted by molar-refractivity contribution is 5.82. The number of halogens is 1. The Hall–Kier alpha value is -2.11. The molecule has 5 rings (SSSR count). The minimum absolute atomic E-state index is 0.0119. The zero-order valence-electron chi connectivity index (χ0n) is 16.1. The van der Waals surface area contributed by atoms with E-state index in [-0.39, 0.29) is 36.8 Å². The maximum atomic E-state index is 13.4. The molecule has 1 N–H and O–H groups in total. The first-order valence-corrected chi connectivity index (χ1v) is 10.3. The lowest BCUT2D eigenvalue weighted by molar-refractivity contribution is -0.145. The largest absolute Gasteiger partial charge is 0.487 e. The van der Waals surface area contributed by atoms with Crippen molar-refractivity contribution in [3.63, 3.8) is 0 Å². The second-order valence-corrected chi connectivity index (χ2v) is 8.87. The van der Waals surface area contributed by atoms with E-state index in [2.05, 4.69) is 5.32 Å². The summed E-state index contributed by atoms with van der Waals surface area (Å²) >= 11 is 0. The number of rotatable bonds is 8. The minimum atomic E-state index is -0.504. The predicted octanol–water partition coefficient (Wildman–Crippen LogP) is 3.47. The standard InChI is InChI=1S/C22H28FNO4/c23-18-3-1-2-4-19(18)27-5-6-28-21(26)14-24-20(25)13-22-10-15-7-16(11-22)9-17(8-15)12-22/h1-4,15-17H,5-14H2,(H,24,25). The van der Waals surface area contributed by atoms with Gasteiger partial charge in [-0.3, -0.25) is 9.59 Å². The summed E-state index contributed by atoms with van der Waals surface area (Å²) in [5.74, 6) is 1.53. The van der Waals surface area contributed by atoms with Crippen molar-refractivity contribution in [1.29, 1.82) is 0 Å². The molecular formula is C22H28FNO4. The van der Waals surface area contributed by atoms with Gasteiger partial charge >= 0.3 is 5.97 Å². The highest BCUT2D eigenvalue weighted by atomic mass is 19.1. The van der Waals surface area contributed by atoms with Gasteiger partial charge in [0.1, 0.15) is 19.8 Å². The summed E-state index contributed by atoms with van der Waals surface area (Å²) in [6.07, 6.45) is 8.09. The monoisotopic (exact) mass is 389 g/mol. The number of carbonyl (C=O) groups excluding carboxylic acids is 2. The number of para-hydroxylation sites is 1. The molecule has 0 aromatic heterocycles. The smallest absolute Gasteiger partial charge is 0.325 e. The summed E-state index contributed by atoms with van der Waals surface area (Å²) in [5, 5.41) is 2.71. The molecule has 152 valence electrons. The molecule has 0 heterocycles. The molecule has 0 radical (unpaired) electrons. The Bertz CT molecular complexity index is 700. The Morgan fingerprint density at radius 2 is 1.68 bits per heavy atom. The lowest BCUT2D eigenvalue weighted by Gasteiger charge is -2.56. The number of benzene rings is 1. The zero-order chi connectivity index (χ0) is 19.6. The van der Waals surface area contributed by atoms with Gasteiger partial charge in [0.05, 0.1) is 0 Å². The predicted molar refractivity (Wildman–Crippen MR) is 101 cm³/mol. The number of hydrogen-bond donors (Lipinski definition) is 1. The van der Waals surface area contributed by atoms with Crippen LogP contribution in [0.15, 0.2) is 24.3 Å². The molecule has 1 aromatic carbocycles. The van der Waals surface area contributed by atoms with Crippen LogP contribution < -0.4 is 10.1 Å². The van der Waals surface area contributed by atoms with E-state index in [0.717, 1.165) is 17.8 Å². The average molecular weight is 389 g/mol. The van der Waals surface area contributed by atoms with Crippen molar-refractivity contribution in [2.45, 2.75) is 44.9 Å². The van der Waals surface area contributed by atoms with Crippen LogP contribution in [0.1, 0.15) is 44.9 Å².